The molecule has 2 aromatic carbocycles. The van der Waals surface area contributed by atoms with Gasteiger partial charge in [0.2, 0.25) is 0 Å². The number of carbonyl (C=O) groups is 2. The van der Waals surface area contributed by atoms with Crippen LogP contribution in [0.15, 0.2) is 42.5 Å². The van der Waals surface area contributed by atoms with E-state index in [9.17, 15) is 9.59 Å². The first kappa shape index (κ1) is 28.9. The number of Topliss-reactive ketones (excluding diaryl/α,β-unsaturated/α-hetero) is 1. The minimum absolute atomic E-state index is 0.255. The molecule has 0 aliphatic carbocycles. The number of aryl methyl sites for hydroxylation is 3. The first-order chi connectivity index (χ1) is 15.7. The summed E-state index contributed by atoms with van der Waals surface area (Å²) in [6, 6.07) is 14.1. The maximum Gasteiger partial charge on any atom is 0.338 e. The number of rotatable bonds is 11. The van der Waals surface area contributed by atoms with Gasteiger partial charge < -0.3 is 14.2 Å². The summed E-state index contributed by atoms with van der Waals surface area (Å²) in [6.45, 7) is 10.5. The summed E-state index contributed by atoms with van der Waals surface area (Å²) in [4.78, 5) is 22.9. The second-order valence-electron chi connectivity index (χ2n) is 8.06. The molecular formula is C27H38O5S. The lowest BCUT2D eigenvalue weighted by Crippen LogP contribution is -2.27. The van der Waals surface area contributed by atoms with E-state index in [0.717, 1.165) is 17.5 Å². The maximum absolute atomic E-state index is 11.9. The molecule has 0 saturated heterocycles. The van der Waals surface area contributed by atoms with Gasteiger partial charge in [0, 0.05) is 19.5 Å². The Morgan fingerprint density at radius 2 is 1.52 bits per heavy atom. The highest BCUT2D eigenvalue weighted by molar-refractivity contribution is 8.00. The second kappa shape index (κ2) is 15.6. The summed E-state index contributed by atoms with van der Waals surface area (Å²) >= 11 is 1.74. The van der Waals surface area contributed by atoms with E-state index < -0.39 is 0 Å². The van der Waals surface area contributed by atoms with Crippen LogP contribution >= 0.6 is 11.8 Å². The van der Waals surface area contributed by atoms with Crippen molar-refractivity contribution in [3.05, 3.63) is 70.3 Å². The van der Waals surface area contributed by atoms with E-state index in [1.165, 1.54) is 11.1 Å². The Bertz CT molecular complexity index is 857. The van der Waals surface area contributed by atoms with Crippen molar-refractivity contribution < 1.29 is 23.8 Å². The summed E-state index contributed by atoms with van der Waals surface area (Å²) in [7, 11) is 3.12. The predicted molar refractivity (Wildman–Crippen MR) is 136 cm³/mol. The quantitative estimate of drug-likeness (QED) is 0.379. The van der Waals surface area contributed by atoms with Crippen molar-refractivity contribution in [1.29, 1.82) is 0 Å². The van der Waals surface area contributed by atoms with Crippen molar-refractivity contribution in [2.45, 2.75) is 52.4 Å². The van der Waals surface area contributed by atoms with Gasteiger partial charge in [-0.15, -0.1) is 11.8 Å². The summed E-state index contributed by atoms with van der Waals surface area (Å²) in [6.07, 6.45) is 0.690. The molecule has 1 unspecified atom stereocenters. The second-order valence-corrected chi connectivity index (χ2v) is 9.25. The number of ether oxygens (including phenoxy) is 3. The molecule has 182 valence electrons. The Labute approximate surface area is 203 Å². The monoisotopic (exact) mass is 474 g/mol. The number of methoxy groups -OCH3 is 2. The zero-order valence-electron chi connectivity index (χ0n) is 21.0. The molecule has 1 atom stereocenters. The molecule has 5 nitrogen and oxygen atoms in total. The molecule has 0 spiro atoms. The molecule has 0 fully saturated rings. The average Bonchev–Trinajstić information content (AvgIpc) is 2.78. The fourth-order valence-corrected chi connectivity index (χ4v) is 4.05. The van der Waals surface area contributed by atoms with Gasteiger partial charge >= 0.3 is 5.97 Å². The number of ketones is 1. The number of esters is 1. The van der Waals surface area contributed by atoms with Crippen LogP contribution in [0.1, 0.15) is 58.1 Å². The molecule has 0 amide bonds. The summed E-state index contributed by atoms with van der Waals surface area (Å²) < 4.78 is 15.3. The summed E-state index contributed by atoms with van der Waals surface area (Å²) in [5.74, 6) is 0.523. The Kier molecular flexibility index (Phi) is 13.7. The van der Waals surface area contributed by atoms with Crippen LogP contribution in [-0.4, -0.2) is 51.0 Å². The largest absolute Gasteiger partial charge is 0.454 e. The van der Waals surface area contributed by atoms with Gasteiger partial charge in [-0.25, -0.2) is 4.79 Å². The Hall–Kier alpha value is -2.15. The molecule has 0 aliphatic heterocycles. The molecule has 0 bridgehead atoms. The van der Waals surface area contributed by atoms with Gasteiger partial charge in [0.1, 0.15) is 11.9 Å². The van der Waals surface area contributed by atoms with Crippen molar-refractivity contribution in [1.82, 2.24) is 0 Å². The lowest BCUT2D eigenvalue weighted by atomic mass is 10.1. The van der Waals surface area contributed by atoms with Gasteiger partial charge in [-0.2, -0.15) is 0 Å². The van der Waals surface area contributed by atoms with Gasteiger partial charge in [0.05, 0.1) is 24.5 Å². The molecule has 33 heavy (non-hydrogen) atoms. The molecule has 0 saturated carbocycles. The van der Waals surface area contributed by atoms with Crippen LogP contribution in [0.3, 0.4) is 0 Å². The van der Waals surface area contributed by atoms with Crippen LogP contribution in [0.25, 0.3) is 0 Å². The molecule has 0 aromatic heterocycles. The van der Waals surface area contributed by atoms with Crippen LogP contribution < -0.4 is 0 Å². The van der Waals surface area contributed by atoms with Crippen molar-refractivity contribution >= 4 is 23.5 Å². The number of hydrogen-bond acceptors (Lipinski definition) is 6. The van der Waals surface area contributed by atoms with Crippen LogP contribution in [-0.2, 0) is 19.0 Å². The van der Waals surface area contributed by atoms with E-state index in [4.69, 9.17) is 14.2 Å². The minimum Gasteiger partial charge on any atom is -0.454 e. The molecule has 0 heterocycles. The Morgan fingerprint density at radius 3 is 2.00 bits per heavy atom. The van der Waals surface area contributed by atoms with E-state index in [1.807, 2.05) is 26.0 Å². The van der Waals surface area contributed by atoms with Gasteiger partial charge in [0.15, 0.2) is 0 Å². The normalized spacial score (nSPS) is 11.5. The van der Waals surface area contributed by atoms with Crippen molar-refractivity contribution in [3.8, 4) is 0 Å². The average molecular weight is 475 g/mol. The number of thioether (sulfide) groups is 1. The fraction of sp³-hybridized carbons (Fsp3) is 0.481. The zero-order chi connectivity index (χ0) is 24.8. The summed E-state index contributed by atoms with van der Waals surface area (Å²) in [5, 5.41) is 0.453. The first-order valence-corrected chi connectivity index (χ1v) is 12.2. The van der Waals surface area contributed by atoms with E-state index in [-0.39, 0.29) is 17.9 Å². The third-order valence-corrected chi connectivity index (χ3v) is 6.61. The first-order valence-electron chi connectivity index (χ1n) is 11.1. The molecular weight excluding hydrogens is 436 g/mol. The van der Waals surface area contributed by atoms with Crippen LogP contribution in [0.5, 0.6) is 0 Å². The van der Waals surface area contributed by atoms with E-state index in [2.05, 4.69) is 38.1 Å². The minimum atomic E-state index is -0.380. The number of hydrogen-bond donors (Lipinski definition) is 0. The maximum atomic E-state index is 11.9. The summed E-state index contributed by atoms with van der Waals surface area (Å²) in [5.41, 5.74) is 5.38. The highest BCUT2D eigenvalue weighted by atomic mass is 32.2. The van der Waals surface area contributed by atoms with Crippen molar-refractivity contribution in [3.63, 3.8) is 0 Å². The molecule has 0 aliphatic rings. The molecule has 6 heteroatoms. The third-order valence-electron chi connectivity index (χ3n) is 5.03. The van der Waals surface area contributed by atoms with Gasteiger partial charge in [-0.3, -0.25) is 4.79 Å². The SMILES string of the molecule is CCC(SCC(C)=O)c1ccc(C)cc1.COCC(COC)OC(=O)c1ccc(C)c(C)c1. The van der Waals surface area contributed by atoms with Crippen molar-refractivity contribution in [2.24, 2.45) is 0 Å². The standard InChI is InChI=1S/C14H20O4.C13H18OS/c1-10-5-6-12(7-11(10)2)14(15)18-13(8-16-3)9-17-4;1-4-13(15-9-11(3)14)12-7-5-10(2)6-8-12/h5-7,13H,8-9H2,1-4H3;5-8,13H,4,9H2,1-3H3. The highest BCUT2D eigenvalue weighted by Crippen LogP contribution is 2.31. The van der Waals surface area contributed by atoms with Crippen molar-refractivity contribution in [2.75, 3.05) is 33.2 Å². The van der Waals surface area contributed by atoms with Crippen LogP contribution in [0, 0.1) is 20.8 Å². The lowest BCUT2D eigenvalue weighted by Gasteiger charge is -2.16. The Morgan fingerprint density at radius 1 is 0.909 bits per heavy atom. The molecule has 0 radical (unpaired) electrons. The number of carbonyl (C=O) groups excluding carboxylic acids is 2. The van der Waals surface area contributed by atoms with E-state index in [1.54, 1.807) is 39.0 Å². The number of benzene rings is 2. The Balaban J connectivity index is 0.000000335. The predicted octanol–water partition coefficient (Wildman–Crippen LogP) is 5.89. The highest BCUT2D eigenvalue weighted by Gasteiger charge is 2.16. The molecule has 0 N–H and O–H groups in total. The molecule has 2 rings (SSSR count). The van der Waals surface area contributed by atoms with E-state index in [0.29, 0.717) is 29.8 Å². The topological polar surface area (TPSA) is 61.8 Å². The third kappa shape index (κ3) is 11.0. The van der Waals surface area contributed by atoms with Crippen LogP contribution in [0.4, 0.5) is 0 Å². The van der Waals surface area contributed by atoms with Gasteiger partial charge in [-0.05, 0) is 62.9 Å². The smallest absolute Gasteiger partial charge is 0.338 e. The van der Waals surface area contributed by atoms with Gasteiger partial charge in [-0.1, -0.05) is 42.8 Å². The van der Waals surface area contributed by atoms with E-state index >= 15 is 0 Å². The van der Waals surface area contributed by atoms with Gasteiger partial charge in [0.25, 0.3) is 0 Å². The molecule has 2 aromatic rings. The fourth-order valence-electron chi connectivity index (χ4n) is 3.02. The van der Waals surface area contributed by atoms with Crippen LogP contribution in [0.2, 0.25) is 0 Å². The zero-order valence-corrected chi connectivity index (χ0v) is 21.8. The lowest BCUT2D eigenvalue weighted by molar-refractivity contribution is -0.114.